The number of rotatable bonds is 3. The van der Waals surface area contributed by atoms with Gasteiger partial charge in [0.1, 0.15) is 18.0 Å². The van der Waals surface area contributed by atoms with Crippen molar-refractivity contribution in [3.05, 3.63) is 11.9 Å². The Labute approximate surface area is 133 Å². The summed E-state index contributed by atoms with van der Waals surface area (Å²) in [5, 5.41) is 0. The van der Waals surface area contributed by atoms with Crippen LogP contribution in [0.1, 0.15) is 28.8 Å². The van der Waals surface area contributed by atoms with Crippen molar-refractivity contribution in [1.29, 1.82) is 0 Å². The van der Waals surface area contributed by atoms with Crippen molar-refractivity contribution >= 4 is 34.2 Å². The van der Waals surface area contributed by atoms with Gasteiger partial charge < -0.3 is 15.5 Å². The van der Waals surface area contributed by atoms with Gasteiger partial charge in [-0.05, 0) is 38.3 Å². The van der Waals surface area contributed by atoms with E-state index < -0.39 is 0 Å². The maximum absolute atomic E-state index is 6.01. The van der Waals surface area contributed by atoms with Crippen LogP contribution in [0.4, 0.5) is 11.6 Å². The molecular formula is C14H20IN5. The second-order valence-electron chi connectivity index (χ2n) is 6.26. The Kier molecular flexibility index (Phi) is 3.25. The molecule has 0 aromatic carbocycles. The van der Waals surface area contributed by atoms with Crippen LogP contribution in [-0.4, -0.2) is 47.1 Å². The van der Waals surface area contributed by atoms with Gasteiger partial charge in [-0.15, -0.1) is 0 Å². The summed E-state index contributed by atoms with van der Waals surface area (Å²) in [6.07, 6.45) is 5.61. The molecule has 0 radical (unpaired) electrons. The van der Waals surface area contributed by atoms with Gasteiger partial charge in [0.15, 0.2) is 0 Å². The van der Waals surface area contributed by atoms with Gasteiger partial charge >= 0.3 is 0 Å². The SMILES string of the molecule is Nc1ncnc2c1C(I)CN2C1CC(CN2CCC2)C1. The standard InChI is InChI=1S/C14H20IN5/c15-11-7-20(14-12(11)13(16)17-8-18-14)10-4-9(5-10)6-19-2-1-3-19/h8-11H,1-7H2,(H2,16,17,18). The Hall–Kier alpha value is -0.630. The maximum Gasteiger partial charge on any atom is 0.138 e. The Morgan fingerprint density at radius 3 is 2.80 bits per heavy atom. The van der Waals surface area contributed by atoms with Crippen molar-refractivity contribution in [2.75, 3.05) is 36.8 Å². The quantitative estimate of drug-likeness (QED) is 0.636. The highest BCUT2D eigenvalue weighted by molar-refractivity contribution is 14.1. The van der Waals surface area contributed by atoms with Gasteiger partial charge in [-0.1, -0.05) is 22.6 Å². The highest BCUT2D eigenvalue weighted by atomic mass is 127. The molecule has 1 saturated carbocycles. The first-order chi connectivity index (χ1) is 9.72. The van der Waals surface area contributed by atoms with Crippen molar-refractivity contribution in [3.8, 4) is 0 Å². The molecular weight excluding hydrogens is 365 g/mol. The Balaban J connectivity index is 1.43. The molecule has 1 atom stereocenters. The number of hydrogen-bond acceptors (Lipinski definition) is 5. The van der Waals surface area contributed by atoms with E-state index in [1.165, 1.54) is 38.9 Å². The summed E-state index contributed by atoms with van der Waals surface area (Å²) in [6, 6.07) is 0.661. The number of nitrogens with two attached hydrogens (primary N) is 1. The summed E-state index contributed by atoms with van der Waals surface area (Å²) in [5.41, 5.74) is 7.17. The first kappa shape index (κ1) is 13.1. The summed E-state index contributed by atoms with van der Waals surface area (Å²) in [4.78, 5) is 13.7. The highest BCUT2D eigenvalue weighted by Gasteiger charge is 2.41. The van der Waals surface area contributed by atoms with Crippen LogP contribution in [0, 0.1) is 5.92 Å². The maximum atomic E-state index is 6.01. The number of aromatic nitrogens is 2. The second kappa shape index (κ2) is 4.98. The fourth-order valence-corrected chi connectivity index (χ4v) is 4.66. The summed E-state index contributed by atoms with van der Waals surface area (Å²) in [7, 11) is 0. The number of likely N-dealkylation sites (tertiary alicyclic amines) is 1. The molecule has 0 bridgehead atoms. The fourth-order valence-electron chi connectivity index (χ4n) is 3.63. The van der Waals surface area contributed by atoms with Crippen molar-refractivity contribution in [1.82, 2.24) is 14.9 Å². The molecule has 0 amide bonds. The lowest BCUT2D eigenvalue weighted by Crippen LogP contribution is -2.50. The Bertz CT molecular complexity index is 512. The summed E-state index contributed by atoms with van der Waals surface area (Å²) >= 11 is 2.47. The number of alkyl halides is 1. The molecule has 108 valence electrons. The third kappa shape index (κ3) is 2.07. The van der Waals surface area contributed by atoms with Crippen molar-refractivity contribution < 1.29 is 0 Å². The molecule has 3 aliphatic rings. The van der Waals surface area contributed by atoms with Gasteiger partial charge in [0, 0.05) is 19.1 Å². The molecule has 1 aliphatic carbocycles. The number of fused-ring (bicyclic) bond motifs is 1. The molecule has 4 rings (SSSR count). The van der Waals surface area contributed by atoms with Gasteiger partial charge in [0.25, 0.3) is 0 Å². The lowest BCUT2D eigenvalue weighted by Gasteiger charge is -2.45. The minimum absolute atomic E-state index is 0.429. The van der Waals surface area contributed by atoms with Crippen LogP contribution in [0.25, 0.3) is 0 Å². The van der Waals surface area contributed by atoms with Crippen LogP contribution in [0.3, 0.4) is 0 Å². The molecule has 1 aromatic heterocycles. The molecule has 2 fully saturated rings. The number of hydrogen-bond donors (Lipinski definition) is 1. The van der Waals surface area contributed by atoms with Crippen molar-refractivity contribution in [2.45, 2.75) is 29.2 Å². The first-order valence-electron chi connectivity index (χ1n) is 7.46. The molecule has 6 heteroatoms. The highest BCUT2D eigenvalue weighted by Crippen LogP contribution is 2.46. The van der Waals surface area contributed by atoms with Crippen LogP contribution in [-0.2, 0) is 0 Å². The van der Waals surface area contributed by atoms with E-state index in [1.54, 1.807) is 6.33 Å². The van der Waals surface area contributed by atoms with Gasteiger partial charge in [-0.2, -0.15) is 0 Å². The van der Waals surface area contributed by atoms with Gasteiger partial charge in [-0.25, -0.2) is 9.97 Å². The van der Waals surface area contributed by atoms with E-state index in [2.05, 4.69) is 42.4 Å². The number of nitrogens with zero attached hydrogens (tertiary/aromatic N) is 4. The van der Waals surface area contributed by atoms with Crippen molar-refractivity contribution in [2.24, 2.45) is 5.92 Å². The lowest BCUT2D eigenvalue weighted by molar-refractivity contribution is 0.108. The molecule has 20 heavy (non-hydrogen) atoms. The topological polar surface area (TPSA) is 58.3 Å². The molecule has 0 spiro atoms. The second-order valence-corrected chi connectivity index (χ2v) is 7.77. The predicted octanol–water partition coefficient (Wildman–Crippen LogP) is 1.84. The zero-order valence-corrected chi connectivity index (χ0v) is 13.7. The summed E-state index contributed by atoms with van der Waals surface area (Å²) in [6.45, 7) is 4.97. The van der Waals surface area contributed by atoms with Crippen molar-refractivity contribution in [3.63, 3.8) is 0 Å². The average molecular weight is 385 g/mol. The third-order valence-corrected chi connectivity index (χ3v) is 5.97. The minimum atomic E-state index is 0.429. The smallest absolute Gasteiger partial charge is 0.138 e. The van der Waals surface area contributed by atoms with E-state index >= 15 is 0 Å². The molecule has 3 heterocycles. The molecule has 2 aliphatic heterocycles. The van der Waals surface area contributed by atoms with Crippen LogP contribution in [0.5, 0.6) is 0 Å². The molecule has 2 N–H and O–H groups in total. The van der Waals surface area contributed by atoms with E-state index in [0.717, 1.165) is 23.8 Å². The van der Waals surface area contributed by atoms with Gasteiger partial charge in [0.05, 0.1) is 9.49 Å². The number of halogens is 1. The minimum Gasteiger partial charge on any atom is -0.383 e. The summed E-state index contributed by atoms with van der Waals surface area (Å²) in [5.74, 6) is 2.63. The van der Waals surface area contributed by atoms with Crippen LogP contribution in [0.15, 0.2) is 6.33 Å². The van der Waals surface area contributed by atoms with Crippen LogP contribution < -0.4 is 10.6 Å². The Morgan fingerprint density at radius 2 is 2.10 bits per heavy atom. The average Bonchev–Trinajstić information content (AvgIpc) is 2.64. The Morgan fingerprint density at radius 1 is 1.30 bits per heavy atom. The largest absolute Gasteiger partial charge is 0.383 e. The predicted molar refractivity (Wildman–Crippen MR) is 88.1 cm³/mol. The van der Waals surface area contributed by atoms with E-state index in [9.17, 15) is 0 Å². The van der Waals surface area contributed by atoms with E-state index in [-0.39, 0.29) is 0 Å². The van der Waals surface area contributed by atoms with E-state index in [1.807, 2.05) is 0 Å². The van der Waals surface area contributed by atoms with Gasteiger partial charge in [-0.3, -0.25) is 0 Å². The molecule has 5 nitrogen and oxygen atoms in total. The van der Waals surface area contributed by atoms with Crippen LogP contribution in [0.2, 0.25) is 0 Å². The zero-order chi connectivity index (χ0) is 13.7. The zero-order valence-electron chi connectivity index (χ0n) is 11.5. The lowest BCUT2D eigenvalue weighted by atomic mass is 9.78. The first-order valence-corrected chi connectivity index (χ1v) is 8.70. The normalized spacial score (nSPS) is 32.6. The van der Waals surface area contributed by atoms with E-state index in [0.29, 0.717) is 15.8 Å². The van der Waals surface area contributed by atoms with Gasteiger partial charge in [0.2, 0.25) is 0 Å². The molecule has 1 unspecified atom stereocenters. The fraction of sp³-hybridized carbons (Fsp3) is 0.714. The van der Waals surface area contributed by atoms with Crippen LogP contribution >= 0.6 is 22.6 Å². The number of nitrogen functional groups attached to an aromatic ring is 1. The number of anilines is 2. The van der Waals surface area contributed by atoms with E-state index in [4.69, 9.17) is 5.73 Å². The third-order valence-electron chi connectivity index (χ3n) is 4.95. The monoisotopic (exact) mass is 385 g/mol. The molecule has 1 aromatic rings. The summed E-state index contributed by atoms with van der Waals surface area (Å²) < 4.78 is 0.429. The molecule has 1 saturated heterocycles.